The molecule has 1 fully saturated rings. The summed E-state index contributed by atoms with van der Waals surface area (Å²) in [5, 5.41) is 7.91. The number of carbonyl (C=O) groups excluding carboxylic acids is 1. The maximum Gasteiger partial charge on any atom is 0.328 e. The summed E-state index contributed by atoms with van der Waals surface area (Å²) in [5.41, 5.74) is 3.31. The molecule has 0 bridgehead atoms. The standard InChI is InChI=1S/C17H30N4O2/c1-12(2)23-17(22)11-21-14(4)16(13(3)19-21)10-20-8-6-7-15(9-20)18-5/h12,15,18H,6-11H2,1-5H3. The molecule has 6 heteroatoms. The van der Waals surface area contributed by atoms with E-state index in [4.69, 9.17) is 4.74 Å². The number of aromatic nitrogens is 2. The Kier molecular flexibility index (Phi) is 6.18. The largest absolute Gasteiger partial charge is 0.462 e. The van der Waals surface area contributed by atoms with Crippen molar-refractivity contribution in [3.8, 4) is 0 Å². The summed E-state index contributed by atoms with van der Waals surface area (Å²) in [7, 11) is 2.03. The van der Waals surface area contributed by atoms with E-state index in [0.717, 1.165) is 31.0 Å². The molecule has 0 saturated carbocycles. The van der Waals surface area contributed by atoms with Crippen LogP contribution in [0.15, 0.2) is 0 Å². The number of piperidine rings is 1. The van der Waals surface area contributed by atoms with Gasteiger partial charge in [-0.2, -0.15) is 5.10 Å². The van der Waals surface area contributed by atoms with E-state index in [-0.39, 0.29) is 18.6 Å². The average molecular weight is 322 g/mol. The summed E-state index contributed by atoms with van der Waals surface area (Å²) < 4.78 is 6.99. The van der Waals surface area contributed by atoms with Crippen molar-refractivity contribution in [1.29, 1.82) is 0 Å². The van der Waals surface area contributed by atoms with Crippen LogP contribution < -0.4 is 5.32 Å². The second-order valence-corrected chi connectivity index (χ2v) is 6.71. The number of likely N-dealkylation sites (N-methyl/N-ethyl adjacent to an activating group) is 1. The van der Waals surface area contributed by atoms with E-state index < -0.39 is 0 Å². The van der Waals surface area contributed by atoms with Gasteiger partial charge in [-0.15, -0.1) is 0 Å². The Morgan fingerprint density at radius 2 is 2.17 bits per heavy atom. The highest BCUT2D eigenvalue weighted by Crippen LogP contribution is 2.19. The van der Waals surface area contributed by atoms with Gasteiger partial charge >= 0.3 is 5.97 Å². The highest BCUT2D eigenvalue weighted by Gasteiger charge is 2.22. The predicted octanol–water partition coefficient (Wildman–Crippen LogP) is 1.64. The molecule has 1 N–H and O–H groups in total. The minimum atomic E-state index is -0.231. The summed E-state index contributed by atoms with van der Waals surface area (Å²) in [6, 6.07) is 0.570. The summed E-state index contributed by atoms with van der Waals surface area (Å²) in [6.45, 7) is 11.0. The molecule has 23 heavy (non-hydrogen) atoms. The topological polar surface area (TPSA) is 59.4 Å². The molecule has 1 aliphatic heterocycles. The van der Waals surface area contributed by atoms with Crippen LogP contribution in [-0.2, 0) is 22.6 Å². The van der Waals surface area contributed by atoms with Gasteiger partial charge in [-0.3, -0.25) is 14.4 Å². The Morgan fingerprint density at radius 3 is 2.83 bits per heavy atom. The first-order chi connectivity index (χ1) is 10.9. The first kappa shape index (κ1) is 17.9. The van der Waals surface area contributed by atoms with Crippen molar-refractivity contribution in [1.82, 2.24) is 20.0 Å². The third-order valence-electron chi connectivity index (χ3n) is 4.47. The maximum absolute atomic E-state index is 11.9. The smallest absolute Gasteiger partial charge is 0.328 e. The normalized spacial score (nSPS) is 19.3. The van der Waals surface area contributed by atoms with Gasteiger partial charge in [-0.1, -0.05) is 0 Å². The van der Waals surface area contributed by atoms with Gasteiger partial charge in [-0.05, 0) is 54.1 Å². The van der Waals surface area contributed by atoms with Crippen LogP contribution >= 0.6 is 0 Å². The van der Waals surface area contributed by atoms with Crippen molar-refractivity contribution in [2.75, 3.05) is 20.1 Å². The molecule has 6 nitrogen and oxygen atoms in total. The molecule has 0 spiro atoms. The van der Waals surface area contributed by atoms with Gasteiger partial charge in [0.05, 0.1) is 11.8 Å². The molecular formula is C17H30N4O2. The summed E-state index contributed by atoms with van der Waals surface area (Å²) in [4.78, 5) is 14.3. The van der Waals surface area contributed by atoms with Gasteiger partial charge in [0.15, 0.2) is 0 Å². The van der Waals surface area contributed by atoms with E-state index in [9.17, 15) is 4.79 Å². The van der Waals surface area contributed by atoms with Gasteiger partial charge in [0.2, 0.25) is 0 Å². The Bertz CT molecular complexity index is 539. The lowest BCUT2D eigenvalue weighted by Gasteiger charge is -2.32. The van der Waals surface area contributed by atoms with Crippen LogP contribution in [0.4, 0.5) is 0 Å². The molecule has 0 radical (unpaired) electrons. The van der Waals surface area contributed by atoms with Crippen LogP contribution in [-0.4, -0.2) is 52.9 Å². The number of nitrogens with zero attached hydrogens (tertiary/aromatic N) is 3. The molecule has 2 heterocycles. The monoisotopic (exact) mass is 322 g/mol. The Balaban J connectivity index is 2.04. The van der Waals surface area contributed by atoms with Gasteiger partial charge in [-0.25, -0.2) is 0 Å². The Labute approximate surface area is 139 Å². The molecule has 1 saturated heterocycles. The third-order valence-corrected chi connectivity index (χ3v) is 4.47. The van der Waals surface area contributed by atoms with Gasteiger partial charge in [0, 0.05) is 30.4 Å². The predicted molar refractivity (Wildman–Crippen MR) is 90.3 cm³/mol. The lowest BCUT2D eigenvalue weighted by molar-refractivity contribution is -0.148. The highest BCUT2D eigenvalue weighted by atomic mass is 16.5. The van der Waals surface area contributed by atoms with Crippen molar-refractivity contribution in [3.63, 3.8) is 0 Å². The number of hydrogen-bond acceptors (Lipinski definition) is 5. The van der Waals surface area contributed by atoms with E-state index in [2.05, 4.69) is 15.3 Å². The van der Waals surface area contributed by atoms with E-state index >= 15 is 0 Å². The van der Waals surface area contributed by atoms with Crippen LogP contribution in [0.25, 0.3) is 0 Å². The molecule has 0 amide bonds. The van der Waals surface area contributed by atoms with Crippen molar-refractivity contribution < 1.29 is 9.53 Å². The molecule has 0 aliphatic carbocycles. The fourth-order valence-electron chi connectivity index (χ4n) is 3.20. The molecule has 1 atom stereocenters. The van der Waals surface area contributed by atoms with E-state index in [1.807, 2.05) is 34.7 Å². The number of nitrogens with one attached hydrogen (secondary N) is 1. The number of likely N-dealkylation sites (tertiary alicyclic amines) is 1. The minimum absolute atomic E-state index is 0.0919. The van der Waals surface area contributed by atoms with Crippen LogP contribution in [0.1, 0.15) is 43.6 Å². The highest BCUT2D eigenvalue weighted by molar-refractivity contribution is 5.69. The van der Waals surface area contributed by atoms with Crippen LogP contribution in [0.2, 0.25) is 0 Å². The number of ether oxygens (including phenoxy) is 1. The quantitative estimate of drug-likeness (QED) is 0.807. The maximum atomic E-state index is 11.9. The van der Waals surface area contributed by atoms with Gasteiger partial charge in [0.25, 0.3) is 0 Å². The molecule has 1 aromatic rings. The number of carbonyl (C=O) groups is 1. The van der Waals surface area contributed by atoms with E-state index in [1.165, 1.54) is 18.4 Å². The molecular weight excluding hydrogens is 292 g/mol. The van der Waals surface area contributed by atoms with Crippen molar-refractivity contribution in [2.45, 2.75) is 65.8 Å². The van der Waals surface area contributed by atoms with E-state index in [0.29, 0.717) is 6.04 Å². The number of rotatable bonds is 6. The van der Waals surface area contributed by atoms with Gasteiger partial charge < -0.3 is 10.1 Å². The molecule has 1 aromatic heterocycles. The van der Waals surface area contributed by atoms with Crippen molar-refractivity contribution in [3.05, 3.63) is 17.0 Å². The third kappa shape index (κ3) is 4.78. The first-order valence-corrected chi connectivity index (χ1v) is 8.52. The SMILES string of the molecule is CNC1CCCN(Cc2c(C)nn(CC(=O)OC(C)C)c2C)C1. The van der Waals surface area contributed by atoms with Crippen LogP contribution in [0.3, 0.4) is 0 Å². The fourth-order valence-corrected chi connectivity index (χ4v) is 3.20. The molecule has 130 valence electrons. The van der Waals surface area contributed by atoms with Gasteiger partial charge in [0.1, 0.15) is 6.54 Å². The Hall–Kier alpha value is -1.40. The molecule has 2 rings (SSSR count). The zero-order chi connectivity index (χ0) is 17.0. The zero-order valence-electron chi connectivity index (χ0n) is 15.1. The van der Waals surface area contributed by atoms with Crippen LogP contribution in [0, 0.1) is 13.8 Å². The van der Waals surface area contributed by atoms with Crippen molar-refractivity contribution >= 4 is 5.97 Å². The number of aryl methyl sites for hydroxylation is 1. The summed E-state index contributed by atoms with van der Waals surface area (Å²) in [5.74, 6) is -0.231. The summed E-state index contributed by atoms with van der Waals surface area (Å²) >= 11 is 0. The second kappa shape index (κ2) is 7.93. The average Bonchev–Trinajstić information content (AvgIpc) is 2.74. The number of hydrogen-bond donors (Lipinski definition) is 1. The molecule has 1 aliphatic rings. The summed E-state index contributed by atoms with van der Waals surface area (Å²) in [6.07, 6.45) is 2.37. The Morgan fingerprint density at radius 1 is 1.43 bits per heavy atom. The number of esters is 1. The molecule has 0 aromatic carbocycles. The first-order valence-electron chi connectivity index (χ1n) is 8.52. The zero-order valence-corrected chi connectivity index (χ0v) is 15.1. The van der Waals surface area contributed by atoms with Crippen molar-refractivity contribution in [2.24, 2.45) is 0 Å². The lowest BCUT2D eigenvalue weighted by atomic mass is 10.0. The molecule has 1 unspecified atom stereocenters. The van der Waals surface area contributed by atoms with E-state index in [1.54, 1.807) is 4.68 Å². The lowest BCUT2D eigenvalue weighted by Crippen LogP contribution is -2.44. The second-order valence-electron chi connectivity index (χ2n) is 6.71. The van der Waals surface area contributed by atoms with Crippen LogP contribution in [0.5, 0.6) is 0 Å². The fraction of sp³-hybridized carbons (Fsp3) is 0.765. The minimum Gasteiger partial charge on any atom is -0.462 e.